The highest BCUT2D eigenvalue weighted by molar-refractivity contribution is 5.77. The number of hydrogen-bond acceptors (Lipinski definition) is 2. The predicted molar refractivity (Wildman–Crippen MR) is 48.9 cm³/mol. The zero-order chi connectivity index (χ0) is 9.56. The Morgan fingerprint density at radius 1 is 1.42 bits per heavy atom. The normalized spacial score (nSPS) is 13.1. The van der Waals surface area contributed by atoms with Gasteiger partial charge in [0.15, 0.2) is 0 Å². The van der Waals surface area contributed by atoms with Crippen molar-refractivity contribution in [1.82, 2.24) is 5.32 Å². The lowest BCUT2D eigenvalue weighted by Gasteiger charge is -2.12. The van der Waals surface area contributed by atoms with Gasteiger partial charge in [-0.15, -0.1) is 0 Å². The van der Waals surface area contributed by atoms with Crippen LogP contribution >= 0.6 is 0 Å². The third kappa shape index (κ3) is 5.13. The van der Waals surface area contributed by atoms with E-state index >= 15 is 0 Å². The molecule has 0 aliphatic carbocycles. The molecule has 1 N–H and O–H groups in total. The monoisotopic (exact) mass is 173 g/mol. The van der Waals surface area contributed by atoms with Gasteiger partial charge in [-0.2, -0.15) is 0 Å². The fraction of sp³-hybridized carbons (Fsp3) is 0.889. The van der Waals surface area contributed by atoms with Gasteiger partial charge in [-0.25, -0.2) is 0 Å². The Labute approximate surface area is 74.5 Å². The first-order chi connectivity index (χ1) is 5.57. The number of methoxy groups -OCH3 is 1. The first kappa shape index (κ1) is 11.4. The van der Waals surface area contributed by atoms with Gasteiger partial charge in [-0.05, 0) is 5.92 Å². The summed E-state index contributed by atoms with van der Waals surface area (Å²) in [5.41, 5.74) is 0. The van der Waals surface area contributed by atoms with E-state index in [1.165, 1.54) is 0 Å². The largest absolute Gasteiger partial charge is 0.384 e. The second-order valence-corrected chi connectivity index (χ2v) is 3.46. The van der Waals surface area contributed by atoms with Crippen LogP contribution in [0.1, 0.15) is 20.8 Å². The third-order valence-electron chi connectivity index (χ3n) is 1.60. The molecule has 0 heterocycles. The highest BCUT2D eigenvalue weighted by Crippen LogP contribution is 1.95. The van der Waals surface area contributed by atoms with Crippen molar-refractivity contribution in [2.45, 2.75) is 20.8 Å². The minimum atomic E-state index is 0.0692. The molecule has 1 atom stereocenters. The van der Waals surface area contributed by atoms with Crippen molar-refractivity contribution < 1.29 is 9.53 Å². The number of rotatable bonds is 5. The summed E-state index contributed by atoms with van der Waals surface area (Å²) in [6.07, 6.45) is 0. The molecule has 3 nitrogen and oxygen atoms in total. The molecule has 0 spiro atoms. The minimum Gasteiger partial charge on any atom is -0.384 e. The quantitative estimate of drug-likeness (QED) is 0.674. The van der Waals surface area contributed by atoms with Crippen LogP contribution in [0.2, 0.25) is 0 Å². The lowest BCUT2D eigenvalue weighted by molar-refractivity contribution is -0.124. The standard InChI is InChI=1S/C9H19NO2/c1-7(2)9(11)10-5-8(3)6-12-4/h7-8H,5-6H2,1-4H3,(H,10,11). The van der Waals surface area contributed by atoms with Crippen LogP contribution in [0.4, 0.5) is 0 Å². The molecular formula is C9H19NO2. The van der Waals surface area contributed by atoms with Crippen LogP contribution < -0.4 is 5.32 Å². The number of amides is 1. The maximum absolute atomic E-state index is 11.1. The van der Waals surface area contributed by atoms with E-state index in [0.29, 0.717) is 19.1 Å². The maximum atomic E-state index is 11.1. The number of carbonyl (C=O) groups excluding carboxylic acids is 1. The molecule has 1 unspecified atom stereocenters. The number of carbonyl (C=O) groups is 1. The molecule has 1 amide bonds. The van der Waals surface area contributed by atoms with Crippen LogP contribution in [0.25, 0.3) is 0 Å². The topological polar surface area (TPSA) is 38.3 Å². The molecule has 0 bridgehead atoms. The summed E-state index contributed by atoms with van der Waals surface area (Å²) in [6.45, 7) is 7.21. The lowest BCUT2D eigenvalue weighted by atomic mass is 10.1. The summed E-state index contributed by atoms with van der Waals surface area (Å²) >= 11 is 0. The van der Waals surface area contributed by atoms with Gasteiger partial charge in [-0.3, -0.25) is 4.79 Å². The average Bonchev–Trinajstić information content (AvgIpc) is 2.00. The molecule has 0 aliphatic rings. The first-order valence-electron chi connectivity index (χ1n) is 4.34. The highest BCUT2D eigenvalue weighted by atomic mass is 16.5. The van der Waals surface area contributed by atoms with E-state index in [1.54, 1.807) is 7.11 Å². The van der Waals surface area contributed by atoms with Gasteiger partial charge in [-0.1, -0.05) is 20.8 Å². The summed E-state index contributed by atoms with van der Waals surface area (Å²) in [6, 6.07) is 0. The smallest absolute Gasteiger partial charge is 0.222 e. The van der Waals surface area contributed by atoms with E-state index < -0.39 is 0 Å². The lowest BCUT2D eigenvalue weighted by Crippen LogP contribution is -2.32. The number of ether oxygens (including phenoxy) is 1. The molecule has 12 heavy (non-hydrogen) atoms. The van der Waals surface area contributed by atoms with Gasteiger partial charge in [0.25, 0.3) is 0 Å². The fourth-order valence-corrected chi connectivity index (χ4v) is 0.822. The van der Waals surface area contributed by atoms with Crippen molar-refractivity contribution in [3.05, 3.63) is 0 Å². The molecule has 0 aromatic rings. The molecule has 0 saturated heterocycles. The van der Waals surface area contributed by atoms with Gasteiger partial charge < -0.3 is 10.1 Å². The molecule has 0 aromatic carbocycles. The van der Waals surface area contributed by atoms with Crippen molar-refractivity contribution in [3.8, 4) is 0 Å². The van der Waals surface area contributed by atoms with Crippen molar-refractivity contribution >= 4 is 5.91 Å². The van der Waals surface area contributed by atoms with Crippen molar-refractivity contribution in [1.29, 1.82) is 0 Å². The second-order valence-electron chi connectivity index (χ2n) is 3.46. The zero-order valence-electron chi connectivity index (χ0n) is 8.39. The molecule has 3 heteroatoms. The summed E-state index contributed by atoms with van der Waals surface area (Å²) < 4.78 is 4.95. The van der Waals surface area contributed by atoms with Gasteiger partial charge in [0.2, 0.25) is 5.91 Å². The summed E-state index contributed by atoms with van der Waals surface area (Å²) in [5.74, 6) is 0.565. The maximum Gasteiger partial charge on any atom is 0.222 e. The average molecular weight is 173 g/mol. The molecule has 0 fully saturated rings. The van der Waals surface area contributed by atoms with Crippen LogP contribution in [-0.4, -0.2) is 26.2 Å². The van der Waals surface area contributed by atoms with Crippen molar-refractivity contribution in [2.75, 3.05) is 20.3 Å². The summed E-state index contributed by atoms with van der Waals surface area (Å²) in [5, 5.41) is 2.85. The van der Waals surface area contributed by atoms with Crippen molar-refractivity contribution in [3.63, 3.8) is 0 Å². The van der Waals surface area contributed by atoms with Crippen LogP contribution in [0.15, 0.2) is 0 Å². The second kappa shape index (κ2) is 6.00. The molecule has 0 rings (SSSR count). The molecule has 72 valence electrons. The predicted octanol–water partition coefficient (Wildman–Crippen LogP) is 1.04. The van der Waals surface area contributed by atoms with E-state index in [4.69, 9.17) is 4.74 Å². The summed E-state index contributed by atoms with van der Waals surface area (Å²) in [7, 11) is 1.67. The Morgan fingerprint density at radius 2 is 2.00 bits per heavy atom. The minimum absolute atomic E-state index is 0.0692. The molecule has 0 aliphatic heterocycles. The van der Waals surface area contributed by atoms with E-state index in [-0.39, 0.29) is 11.8 Å². The van der Waals surface area contributed by atoms with Gasteiger partial charge in [0.1, 0.15) is 0 Å². The SMILES string of the molecule is COCC(C)CNC(=O)C(C)C. The van der Waals surface area contributed by atoms with E-state index in [9.17, 15) is 4.79 Å². The van der Waals surface area contributed by atoms with E-state index in [1.807, 2.05) is 20.8 Å². The molecule has 0 radical (unpaired) electrons. The van der Waals surface area contributed by atoms with Crippen LogP contribution in [-0.2, 0) is 9.53 Å². The van der Waals surface area contributed by atoms with Crippen molar-refractivity contribution in [2.24, 2.45) is 11.8 Å². The van der Waals surface area contributed by atoms with Gasteiger partial charge in [0, 0.05) is 19.6 Å². The Morgan fingerprint density at radius 3 is 2.42 bits per heavy atom. The zero-order valence-corrected chi connectivity index (χ0v) is 8.39. The Kier molecular flexibility index (Phi) is 5.72. The van der Waals surface area contributed by atoms with Crippen LogP contribution in [0.5, 0.6) is 0 Å². The first-order valence-corrected chi connectivity index (χ1v) is 4.34. The highest BCUT2D eigenvalue weighted by Gasteiger charge is 2.07. The Balaban J connectivity index is 3.47. The van der Waals surface area contributed by atoms with Gasteiger partial charge in [0.05, 0.1) is 6.61 Å². The van der Waals surface area contributed by atoms with Crippen LogP contribution in [0.3, 0.4) is 0 Å². The Hall–Kier alpha value is -0.570. The van der Waals surface area contributed by atoms with Gasteiger partial charge >= 0.3 is 0 Å². The molecular weight excluding hydrogens is 154 g/mol. The third-order valence-corrected chi connectivity index (χ3v) is 1.60. The number of nitrogens with one attached hydrogen (secondary N) is 1. The fourth-order valence-electron chi connectivity index (χ4n) is 0.822. The van der Waals surface area contributed by atoms with E-state index in [0.717, 1.165) is 0 Å². The van der Waals surface area contributed by atoms with E-state index in [2.05, 4.69) is 5.32 Å². The Bertz CT molecular complexity index is 134. The number of hydrogen-bond donors (Lipinski definition) is 1. The van der Waals surface area contributed by atoms with Crippen LogP contribution in [0, 0.1) is 11.8 Å². The summed E-state index contributed by atoms with van der Waals surface area (Å²) in [4.78, 5) is 11.1. The molecule has 0 saturated carbocycles. The molecule has 0 aromatic heterocycles.